The normalized spacial score (nSPS) is 14.8. The van der Waals surface area contributed by atoms with Crippen LogP contribution in [0.25, 0.3) is 0 Å². The van der Waals surface area contributed by atoms with E-state index < -0.39 is 11.9 Å². The molecule has 0 radical (unpaired) electrons. The second-order valence-corrected chi connectivity index (χ2v) is 4.70. The minimum atomic E-state index is -1.11. The highest BCUT2D eigenvalue weighted by Gasteiger charge is 2.20. The molecule has 2 heterocycles. The molecule has 0 bridgehead atoms. The standard InChI is InChI=1S/C7H9N3O3.C6H7N3O3/c1-4(11)8-6-3-5(9-10-6)7(12)13-2;1-3(10)7-5-2-4(6(11)12)8-9-5/h3H2,1-2H3,(H,8,10,11);2H2,1H3,(H,11,12)(H,7,9,10). The molecular formula is C13H16N6O6. The summed E-state index contributed by atoms with van der Waals surface area (Å²) in [5, 5.41) is 27.2. The Hall–Kier alpha value is -3.44. The van der Waals surface area contributed by atoms with Crippen LogP contribution < -0.4 is 10.6 Å². The minimum Gasteiger partial charge on any atom is -0.477 e. The maximum Gasteiger partial charge on any atom is 0.354 e. The van der Waals surface area contributed by atoms with Crippen molar-refractivity contribution < 1.29 is 29.0 Å². The van der Waals surface area contributed by atoms with Crippen molar-refractivity contribution in [3.05, 3.63) is 0 Å². The summed E-state index contributed by atoms with van der Waals surface area (Å²) in [6.45, 7) is 2.68. The molecule has 0 saturated heterocycles. The van der Waals surface area contributed by atoms with E-state index in [9.17, 15) is 19.2 Å². The maximum atomic E-state index is 10.9. The van der Waals surface area contributed by atoms with Gasteiger partial charge in [-0.1, -0.05) is 0 Å². The van der Waals surface area contributed by atoms with Crippen molar-refractivity contribution in [1.29, 1.82) is 0 Å². The number of ether oxygens (including phenoxy) is 1. The number of nitrogens with one attached hydrogen (secondary N) is 2. The van der Waals surface area contributed by atoms with Gasteiger partial charge in [0.15, 0.2) is 11.4 Å². The largest absolute Gasteiger partial charge is 0.477 e. The average Bonchev–Trinajstić information content (AvgIpc) is 3.15. The van der Waals surface area contributed by atoms with Crippen molar-refractivity contribution in [3.63, 3.8) is 0 Å². The molecule has 2 aliphatic rings. The van der Waals surface area contributed by atoms with Crippen LogP contribution in [0.15, 0.2) is 20.4 Å². The van der Waals surface area contributed by atoms with Crippen molar-refractivity contribution in [2.75, 3.05) is 7.11 Å². The third kappa shape index (κ3) is 6.68. The predicted molar refractivity (Wildman–Crippen MR) is 86.3 cm³/mol. The van der Waals surface area contributed by atoms with E-state index in [1.807, 2.05) is 0 Å². The fraction of sp³-hybridized carbons (Fsp3) is 0.385. The SMILES string of the molecule is CC(=O)NC1=NN=C(C(=O)O)C1.COC(=O)C1=NN=C(NC(C)=O)C1. The number of amides is 2. The molecule has 0 saturated carbocycles. The number of hydrogen-bond donors (Lipinski definition) is 3. The number of rotatable bonds is 2. The number of hydrogen-bond acceptors (Lipinski definition) is 9. The lowest BCUT2D eigenvalue weighted by Crippen LogP contribution is -2.29. The molecule has 12 heteroatoms. The molecule has 0 aliphatic carbocycles. The van der Waals surface area contributed by atoms with Crippen LogP contribution in [-0.4, -0.2) is 59.1 Å². The molecule has 0 aromatic carbocycles. The average molecular weight is 352 g/mol. The molecule has 2 aliphatic heterocycles. The van der Waals surface area contributed by atoms with Crippen LogP contribution >= 0.6 is 0 Å². The number of methoxy groups -OCH3 is 1. The van der Waals surface area contributed by atoms with Gasteiger partial charge in [0.05, 0.1) is 20.0 Å². The van der Waals surface area contributed by atoms with Crippen molar-refractivity contribution >= 4 is 46.8 Å². The van der Waals surface area contributed by atoms with Crippen molar-refractivity contribution in [1.82, 2.24) is 10.6 Å². The summed E-state index contributed by atoms with van der Waals surface area (Å²) in [5.41, 5.74) is 0.144. The lowest BCUT2D eigenvalue weighted by Gasteiger charge is -1.99. The molecule has 0 fully saturated rings. The number of carbonyl (C=O) groups is 4. The van der Waals surface area contributed by atoms with Crippen LogP contribution in [0.5, 0.6) is 0 Å². The first kappa shape index (κ1) is 19.6. The number of amidine groups is 2. The van der Waals surface area contributed by atoms with E-state index in [-0.39, 0.29) is 41.9 Å². The van der Waals surface area contributed by atoms with E-state index in [1.54, 1.807) is 0 Å². The van der Waals surface area contributed by atoms with Gasteiger partial charge in [0.25, 0.3) is 0 Å². The molecule has 0 aromatic heterocycles. The van der Waals surface area contributed by atoms with Gasteiger partial charge < -0.3 is 20.5 Å². The molecule has 2 rings (SSSR count). The monoisotopic (exact) mass is 352 g/mol. The number of esters is 1. The summed E-state index contributed by atoms with van der Waals surface area (Å²) >= 11 is 0. The molecule has 3 N–H and O–H groups in total. The van der Waals surface area contributed by atoms with E-state index in [2.05, 4.69) is 35.8 Å². The Balaban J connectivity index is 0.000000251. The third-order valence-electron chi connectivity index (χ3n) is 2.56. The fourth-order valence-electron chi connectivity index (χ4n) is 1.59. The van der Waals surface area contributed by atoms with Gasteiger partial charge in [-0.15, -0.1) is 20.4 Å². The van der Waals surface area contributed by atoms with Crippen molar-refractivity contribution in [2.45, 2.75) is 26.7 Å². The molecule has 0 atom stereocenters. The summed E-state index contributed by atoms with van der Waals surface area (Å²) in [6.07, 6.45) is 0.293. The number of carboxylic acids is 1. The first-order valence-corrected chi connectivity index (χ1v) is 6.86. The Morgan fingerprint density at radius 3 is 1.68 bits per heavy atom. The van der Waals surface area contributed by atoms with Gasteiger partial charge in [-0.05, 0) is 0 Å². The van der Waals surface area contributed by atoms with Crippen LogP contribution in [0.1, 0.15) is 26.7 Å². The van der Waals surface area contributed by atoms with E-state index in [1.165, 1.54) is 21.0 Å². The van der Waals surface area contributed by atoms with Crippen LogP contribution in [0.4, 0.5) is 0 Å². The summed E-state index contributed by atoms with van der Waals surface area (Å²) < 4.78 is 4.43. The molecule has 25 heavy (non-hydrogen) atoms. The summed E-state index contributed by atoms with van der Waals surface area (Å²) in [6, 6.07) is 0. The fourth-order valence-corrected chi connectivity index (χ4v) is 1.59. The van der Waals surface area contributed by atoms with Crippen LogP contribution in [0.2, 0.25) is 0 Å². The quantitative estimate of drug-likeness (QED) is 0.528. The zero-order valence-corrected chi connectivity index (χ0v) is 13.7. The van der Waals surface area contributed by atoms with Crippen LogP contribution in [0.3, 0.4) is 0 Å². The van der Waals surface area contributed by atoms with Crippen LogP contribution in [-0.2, 0) is 23.9 Å². The Labute approximate surface area is 141 Å². The summed E-state index contributed by atoms with van der Waals surface area (Å²) in [4.78, 5) is 42.3. The van der Waals surface area contributed by atoms with Gasteiger partial charge in [0, 0.05) is 13.8 Å². The molecule has 134 valence electrons. The van der Waals surface area contributed by atoms with E-state index in [4.69, 9.17) is 5.11 Å². The molecule has 2 amide bonds. The van der Waals surface area contributed by atoms with Crippen LogP contribution in [0, 0.1) is 0 Å². The van der Waals surface area contributed by atoms with Gasteiger partial charge in [-0.3, -0.25) is 9.59 Å². The van der Waals surface area contributed by atoms with Gasteiger partial charge in [0.2, 0.25) is 11.8 Å². The Bertz CT molecular complexity index is 721. The Morgan fingerprint density at radius 2 is 1.32 bits per heavy atom. The highest BCUT2D eigenvalue weighted by molar-refractivity contribution is 6.41. The Morgan fingerprint density at radius 1 is 0.880 bits per heavy atom. The van der Waals surface area contributed by atoms with Crippen molar-refractivity contribution in [3.8, 4) is 0 Å². The van der Waals surface area contributed by atoms with E-state index >= 15 is 0 Å². The number of nitrogens with zero attached hydrogens (tertiary/aromatic N) is 4. The highest BCUT2D eigenvalue weighted by Crippen LogP contribution is 2.02. The molecule has 0 spiro atoms. The molecular weight excluding hydrogens is 336 g/mol. The lowest BCUT2D eigenvalue weighted by atomic mass is 10.2. The maximum absolute atomic E-state index is 10.9. The van der Waals surface area contributed by atoms with Gasteiger partial charge in [-0.2, -0.15) is 0 Å². The first-order valence-electron chi connectivity index (χ1n) is 6.86. The zero-order valence-electron chi connectivity index (χ0n) is 13.7. The van der Waals surface area contributed by atoms with E-state index in [0.717, 1.165) is 0 Å². The minimum absolute atomic E-state index is 0.0567. The van der Waals surface area contributed by atoms with Gasteiger partial charge in [0.1, 0.15) is 11.7 Å². The summed E-state index contributed by atoms with van der Waals surface area (Å²) in [7, 11) is 1.27. The number of aliphatic carboxylic acids is 1. The van der Waals surface area contributed by atoms with Gasteiger partial charge >= 0.3 is 11.9 Å². The molecule has 0 unspecified atom stereocenters. The van der Waals surface area contributed by atoms with Crippen molar-refractivity contribution in [2.24, 2.45) is 20.4 Å². The zero-order chi connectivity index (χ0) is 19.0. The van der Waals surface area contributed by atoms with E-state index in [0.29, 0.717) is 5.84 Å². The topological polar surface area (TPSA) is 171 Å². The molecule has 0 aromatic rings. The Kier molecular flexibility index (Phi) is 7.06. The highest BCUT2D eigenvalue weighted by atomic mass is 16.5. The predicted octanol–water partition coefficient (Wildman–Crippen LogP) is -1.18. The third-order valence-corrected chi connectivity index (χ3v) is 2.56. The lowest BCUT2D eigenvalue weighted by molar-refractivity contribution is -0.133. The second-order valence-electron chi connectivity index (χ2n) is 4.70. The van der Waals surface area contributed by atoms with Gasteiger partial charge in [-0.25, -0.2) is 9.59 Å². The molecule has 12 nitrogen and oxygen atoms in total. The second kappa shape index (κ2) is 9.00. The number of carbonyl (C=O) groups excluding carboxylic acids is 3. The number of carboxylic acid groups (broad SMARTS) is 1. The first-order chi connectivity index (χ1) is 11.7. The summed E-state index contributed by atoms with van der Waals surface area (Å²) in [5.74, 6) is -1.51. The smallest absolute Gasteiger partial charge is 0.354 e.